The van der Waals surface area contributed by atoms with Crippen molar-refractivity contribution >= 4 is 12.0 Å². The zero-order chi connectivity index (χ0) is 11.5. The molecule has 0 radical (unpaired) electrons. The van der Waals surface area contributed by atoms with Crippen LogP contribution in [-0.4, -0.2) is 11.1 Å². The van der Waals surface area contributed by atoms with Gasteiger partial charge in [-0.3, -0.25) is 0 Å². The number of aliphatic carboxylic acids is 1. The molecule has 3 N–H and O–H groups in total. The summed E-state index contributed by atoms with van der Waals surface area (Å²) in [4.78, 5) is 10.5. The van der Waals surface area contributed by atoms with Gasteiger partial charge >= 0.3 is 5.97 Å². The van der Waals surface area contributed by atoms with E-state index < -0.39 is 5.97 Å². The summed E-state index contributed by atoms with van der Waals surface area (Å²) in [6, 6.07) is 7.96. The van der Waals surface area contributed by atoms with E-state index >= 15 is 0 Å². The van der Waals surface area contributed by atoms with Crippen LogP contribution in [0.2, 0.25) is 0 Å². The molecular formula is C13H15NO2. The molecule has 0 aliphatic heterocycles. The average Bonchev–Trinajstić information content (AvgIpc) is 2.18. The number of carboxylic acids is 1. The van der Waals surface area contributed by atoms with Gasteiger partial charge in [-0.1, -0.05) is 30.7 Å². The second-order valence-corrected chi connectivity index (χ2v) is 4.20. The minimum absolute atomic E-state index is 0.128. The van der Waals surface area contributed by atoms with E-state index in [4.69, 9.17) is 10.8 Å². The van der Waals surface area contributed by atoms with Crippen molar-refractivity contribution in [1.29, 1.82) is 0 Å². The maximum absolute atomic E-state index is 10.5. The molecule has 0 unspecified atom stereocenters. The highest BCUT2D eigenvalue weighted by Crippen LogP contribution is 2.36. The zero-order valence-corrected chi connectivity index (χ0v) is 9.02. The molecule has 2 rings (SSSR count). The molecule has 1 aromatic carbocycles. The molecule has 1 aromatic rings. The van der Waals surface area contributed by atoms with Crippen LogP contribution in [0.25, 0.3) is 6.08 Å². The summed E-state index contributed by atoms with van der Waals surface area (Å²) < 4.78 is 0. The molecule has 0 amide bonds. The first-order valence-electron chi connectivity index (χ1n) is 5.47. The fraction of sp³-hybridized carbons (Fsp3) is 0.308. The number of benzene rings is 1. The maximum atomic E-state index is 10.5. The van der Waals surface area contributed by atoms with Gasteiger partial charge in [-0.25, -0.2) is 4.79 Å². The Balaban J connectivity index is 2.12. The van der Waals surface area contributed by atoms with Crippen LogP contribution in [0.1, 0.15) is 36.3 Å². The molecule has 0 spiro atoms. The summed E-state index contributed by atoms with van der Waals surface area (Å²) in [5.74, 6) is -0.377. The first kappa shape index (κ1) is 10.7. The average molecular weight is 217 g/mol. The van der Waals surface area contributed by atoms with Crippen molar-refractivity contribution in [2.75, 3.05) is 0 Å². The van der Waals surface area contributed by atoms with E-state index in [0.717, 1.165) is 5.56 Å². The molecule has 1 aliphatic rings. The smallest absolute Gasteiger partial charge is 0.351 e. The van der Waals surface area contributed by atoms with Gasteiger partial charge in [0.15, 0.2) is 0 Å². The molecule has 1 aliphatic carbocycles. The summed E-state index contributed by atoms with van der Waals surface area (Å²) in [5, 5.41) is 8.64. The second-order valence-electron chi connectivity index (χ2n) is 4.20. The van der Waals surface area contributed by atoms with E-state index in [1.165, 1.54) is 30.9 Å². The molecule has 1 fully saturated rings. The van der Waals surface area contributed by atoms with Gasteiger partial charge in [0.2, 0.25) is 0 Å². The van der Waals surface area contributed by atoms with Crippen molar-refractivity contribution in [3.63, 3.8) is 0 Å². The van der Waals surface area contributed by atoms with Crippen LogP contribution in [0.5, 0.6) is 0 Å². The predicted octanol–water partition coefficient (Wildman–Crippen LogP) is 2.34. The standard InChI is InChI=1S/C13H15NO2/c14-12(13(15)16)8-9-4-6-11(7-5-9)10-2-1-3-10/h4-8,10H,1-3,14H2,(H,15,16)/b12-8+. The number of hydrogen-bond acceptors (Lipinski definition) is 2. The Kier molecular flexibility index (Phi) is 2.95. The van der Waals surface area contributed by atoms with Crippen LogP contribution in [0, 0.1) is 0 Å². The third-order valence-corrected chi connectivity index (χ3v) is 3.08. The van der Waals surface area contributed by atoms with Crippen molar-refractivity contribution < 1.29 is 9.90 Å². The predicted molar refractivity (Wildman–Crippen MR) is 62.8 cm³/mol. The first-order valence-corrected chi connectivity index (χ1v) is 5.47. The minimum Gasteiger partial charge on any atom is -0.477 e. The van der Waals surface area contributed by atoms with Gasteiger partial charge in [0.1, 0.15) is 5.70 Å². The maximum Gasteiger partial charge on any atom is 0.351 e. The summed E-state index contributed by atoms with van der Waals surface area (Å²) in [6.07, 6.45) is 5.34. The Bertz CT molecular complexity index is 416. The van der Waals surface area contributed by atoms with Crippen LogP contribution < -0.4 is 5.73 Å². The summed E-state index contributed by atoms with van der Waals surface area (Å²) >= 11 is 0. The monoisotopic (exact) mass is 217 g/mol. The highest BCUT2D eigenvalue weighted by atomic mass is 16.4. The van der Waals surface area contributed by atoms with Crippen molar-refractivity contribution in [3.05, 3.63) is 41.1 Å². The topological polar surface area (TPSA) is 63.3 Å². The third kappa shape index (κ3) is 2.24. The summed E-state index contributed by atoms with van der Waals surface area (Å²) in [7, 11) is 0. The molecular weight excluding hydrogens is 202 g/mol. The van der Waals surface area contributed by atoms with E-state index in [0.29, 0.717) is 5.92 Å². The minimum atomic E-state index is -1.08. The van der Waals surface area contributed by atoms with Gasteiger partial charge < -0.3 is 10.8 Å². The first-order chi connectivity index (χ1) is 7.66. The lowest BCUT2D eigenvalue weighted by Crippen LogP contribution is -2.09. The largest absolute Gasteiger partial charge is 0.477 e. The van der Waals surface area contributed by atoms with Gasteiger partial charge in [-0.2, -0.15) is 0 Å². The fourth-order valence-electron chi connectivity index (χ4n) is 1.85. The van der Waals surface area contributed by atoms with Gasteiger partial charge in [0, 0.05) is 0 Å². The Hall–Kier alpha value is -1.77. The van der Waals surface area contributed by atoms with Gasteiger partial charge in [0.25, 0.3) is 0 Å². The van der Waals surface area contributed by atoms with Crippen molar-refractivity contribution in [2.45, 2.75) is 25.2 Å². The van der Waals surface area contributed by atoms with Crippen molar-refractivity contribution in [2.24, 2.45) is 5.73 Å². The number of nitrogens with two attached hydrogens (primary N) is 1. The molecule has 0 saturated heterocycles. The Morgan fingerprint density at radius 1 is 1.31 bits per heavy atom. The van der Waals surface area contributed by atoms with Crippen molar-refractivity contribution in [3.8, 4) is 0 Å². The highest BCUT2D eigenvalue weighted by Gasteiger charge is 2.18. The van der Waals surface area contributed by atoms with Gasteiger partial charge in [-0.05, 0) is 36.0 Å². The van der Waals surface area contributed by atoms with E-state index in [9.17, 15) is 4.79 Å². The van der Waals surface area contributed by atoms with Gasteiger partial charge in [0.05, 0.1) is 0 Å². The van der Waals surface area contributed by atoms with E-state index in [2.05, 4.69) is 12.1 Å². The molecule has 3 nitrogen and oxygen atoms in total. The zero-order valence-electron chi connectivity index (χ0n) is 9.02. The fourth-order valence-corrected chi connectivity index (χ4v) is 1.85. The number of carbonyl (C=O) groups is 1. The van der Waals surface area contributed by atoms with E-state index in [1.807, 2.05) is 12.1 Å². The summed E-state index contributed by atoms with van der Waals surface area (Å²) in [5.41, 5.74) is 7.40. The van der Waals surface area contributed by atoms with Crippen molar-refractivity contribution in [1.82, 2.24) is 0 Å². The number of hydrogen-bond donors (Lipinski definition) is 2. The Morgan fingerprint density at radius 2 is 1.94 bits per heavy atom. The van der Waals surface area contributed by atoms with E-state index in [1.54, 1.807) is 0 Å². The second kappa shape index (κ2) is 4.39. The Labute approximate surface area is 94.6 Å². The molecule has 0 heterocycles. The molecule has 1 saturated carbocycles. The molecule has 0 aromatic heterocycles. The van der Waals surface area contributed by atoms with Crippen LogP contribution >= 0.6 is 0 Å². The van der Waals surface area contributed by atoms with Crippen LogP contribution in [-0.2, 0) is 4.79 Å². The highest BCUT2D eigenvalue weighted by molar-refractivity contribution is 5.90. The van der Waals surface area contributed by atoms with Crippen LogP contribution in [0.15, 0.2) is 30.0 Å². The third-order valence-electron chi connectivity index (χ3n) is 3.08. The number of rotatable bonds is 3. The SMILES string of the molecule is N/C(=C/c1ccc(C2CCC2)cc1)C(=O)O. The van der Waals surface area contributed by atoms with Gasteiger partial charge in [-0.15, -0.1) is 0 Å². The lowest BCUT2D eigenvalue weighted by atomic mass is 9.80. The van der Waals surface area contributed by atoms with Crippen LogP contribution in [0.3, 0.4) is 0 Å². The number of carboxylic acid groups (broad SMARTS) is 1. The molecule has 84 valence electrons. The van der Waals surface area contributed by atoms with E-state index in [-0.39, 0.29) is 5.70 Å². The van der Waals surface area contributed by atoms with Crippen LogP contribution in [0.4, 0.5) is 0 Å². The molecule has 0 atom stereocenters. The molecule has 0 bridgehead atoms. The lowest BCUT2D eigenvalue weighted by molar-refractivity contribution is -0.132. The summed E-state index contributed by atoms with van der Waals surface area (Å²) in [6.45, 7) is 0. The molecule has 16 heavy (non-hydrogen) atoms. The quantitative estimate of drug-likeness (QED) is 0.764. The normalized spacial score (nSPS) is 16.9. The molecule has 3 heteroatoms. The lowest BCUT2D eigenvalue weighted by Gasteiger charge is -2.25. The Morgan fingerprint density at radius 3 is 2.38 bits per heavy atom.